The van der Waals surface area contributed by atoms with Crippen molar-refractivity contribution >= 4 is 34.8 Å². The molecular weight excluding hydrogens is 346 g/mol. The van der Waals surface area contributed by atoms with Crippen LogP contribution in [0.5, 0.6) is 5.75 Å². The van der Waals surface area contributed by atoms with Crippen molar-refractivity contribution in [2.24, 2.45) is 5.92 Å². The molecule has 0 saturated carbocycles. The van der Waals surface area contributed by atoms with Crippen LogP contribution in [0.25, 0.3) is 0 Å². The van der Waals surface area contributed by atoms with Gasteiger partial charge in [-0.25, -0.2) is 0 Å². The summed E-state index contributed by atoms with van der Waals surface area (Å²) in [6.45, 7) is 1.71. The van der Waals surface area contributed by atoms with Crippen LogP contribution < -0.4 is 20.3 Å². The van der Waals surface area contributed by atoms with Gasteiger partial charge in [0, 0.05) is 31.3 Å². The molecule has 7 nitrogen and oxygen atoms in total. The Balaban J connectivity index is 1.70. The highest BCUT2D eigenvalue weighted by atomic mass is 16.5. The first kappa shape index (κ1) is 18.4. The van der Waals surface area contributed by atoms with Crippen LogP contribution in [0.1, 0.15) is 13.3 Å². The van der Waals surface area contributed by atoms with E-state index in [4.69, 9.17) is 4.74 Å². The van der Waals surface area contributed by atoms with Crippen molar-refractivity contribution in [2.45, 2.75) is 13.3 Å². The number of methoxy groups -OCH3 is 1. The summed E-state index contributed by atoms with van der Waals surface area (Å²) >= 11 is 0. The van der Waals surface area contributed by atoms with E-state index >= 15 is 0 Å². The van der Waals surface area contributed by atoms with Crippen LogP contribution in [0.4, 0.5) is 17.1 Å². The lowest BCUT2D eigenvalue weighted by Gasteiger charge is -2.19. The summed E-state index contributed by atoms with van der Waals surface area (Å²) in [6, 6.07) is 14.1. The quantitative estimate of drug-likeness (QED) is 0.850. The molecule has 1 fully saturated rings. The SMILES string of the molecule is COc1ccccc1N1CC(C(=O)Nc2cccc(NC(C)=O)c2)CC1=O. The van der Waals surface area contributed by atoms with E-state index in [1.54, 1.807) is 48.4 Å². The number of nitrogens with one attached hydrogen (secondary N) is 2. The van der Waals surface area contributed by atoms with Crippen LogP contribution in [0.15, 0.2) is 48.5 Å². The van der Waals surface area contributed by atoms with Crippen molar-refractivity contribution in [3.8, 4) is 5.75 Å². The third kappa shape index (κ3) is 4.25. The van der Waals surface area contributed by atoms with Gasteiger partial charge in [-0.2, -0.15) is 0 Å². The molecule has 1 unspecified atom stereocenters. The number of benzene rings is 2. The van der Waals surface area contributed by atoms with Gasteiger partial charge >= 0.3 is 0 Å². The van der Waals surface area contributed by atoms with Crippen LogP contribution in [0, 0.1) is 5.92 Å². The lowest BCUT2D eigenvalue weighted by atomic mass is 10.1. The van der Waals surface area contributed by atoms with E-state index in [9.17, 15) is 14.4 Å². The zero-order chi connectivity index (χ0) is 19.4. The highest BCUT2D eigenvalue weighted by molar-refractivity contribution is 6.04. The lowest BCUT2D eigenvalue weighted by molar-refractivity contribution is -0.122. The normalized spacial score (nSPS) is 16.1. The Morgan fingerprint density at radius 1 is 1.07 bits per heavy atom. The molecule has 1 saturated heterocycles. The molecule has 1 atom stereocenters. The predicted octanol–water partition coefficient (Wildman–Crippen LogP) is 2.65. The molecular formula is C20H21N3O4. The molecule has 3 amide bonds. The van der Waals surface area contributed by atoms with Gasteiger partial charge in [0.1, 0.15) is 5.75 Å². The minimum Gasteiger partial charge on any atom is -0.495 e. The maximum atomic E-state index is 12.6. The monoisotopic (exact) mass is 367 g/mol. The molecule has 27 heavy (non-hydrogen) atoms. The van der Waals surface area contributed by atoms with Gasteiger partial charge in [0.05, 0.1) is 18.7 Å². The Kier molecular flexibility index (Phi) is 5.40. The van der Waals surface area contributed by atoms with Crippen molar-refractivity contribution in [3.05, 3.63) is 48.5 Å². The fourth-order valence-corrected chi connectivity index (χ4v) is 3.09. The second-order valence-electron chi connectivity index (χ2n) is 6.33. The maximum Gasteiger partial charge on any atom is 0.229 e. The zero-order valence-corrected chi connectivity index (χ0v) is 15.2. The van der Waals surface area contributed by atoms with E-state index < -0.39 is 5.92 Å². The minimum atomic E-state index is -0.466. The number of hydrogen-bond acceptors (Lipinski definition) is 4. The molecule has 0 spiro atoms. The first-order valence-electron chi connectivity index (χ1n) is 8.60. The molecule has 0 bridgehead atoms. The van der Waals surface area contributed by atoms with E-state index in [1.165, 1.54) is 6.92 Å². The third-order valence-corrected chi connectivity index (χ3v) is 4.32. The average molecular weight is 367 g/mol. The molecule has 2 aromatic rings. The zero-order valence-electron chi connectivity index (χ0n) is 15.2. The average Bonchev–Trinajstić information content (AvgIpc) is 3.03. The van der Waals surface area contributed by atoms with E-state index in [0.29, 0.717) is 22.8 Å². The Morgan fingerprint density at radius 3 is 2.48 bits per heavy atom. The first-order chi connectivity index (χ1) is 13.0. The summed E-state index contributed by atoms with van der Waals surface area (Å²) in [5.41, 5.74) is 1.82. The van der Waals surface area contributed by atoms with Crippen molar-refractivity contribution in [3.63, 3.8) is 0 Å². The highest BCUT2D eigenvalue weighted by Gasteiger charge is 2.36. The summed E-state index contributed by atoms with van der Waals surface area (Å²) < 4.78 is 5.31. The van der Waals surface area contributed by atoms with Gasteiger partial charge < -0.3 is 20.3 Å². The standard InChI is InChI=1S/C20H21N3O4/c1-13(24)21-15-6-5-7-16(11-15)22-20(26)14-10-19(25)23(12-14)17-8-3-4-9-18(17)27-2/h3-9,11,14H,10,12H2,1-2H3,(H,21,24)(H,22,26). The Bertz CT molecular complexity index is 881. The molecule has 1 aliphatic rings. The molecule has 0 radical (unpaired) electrons. The third-order valence-electron chi connectivity index (χ3n) is 4.32. The highest BCUT2D eigenvalue weighted by Crippen LogP contribution is 2.33. The molecule has 7 heteroatoms. The molecule has 1 heterocycles. The lowest BCUT2D eigenvalue weighted by Crippen LogP contribution is -2.28. The fraction of sp³-hybridized carbons (Fsp3) is 0.250. The van der Waals surface area contributed by atoms with Crippen molar-refractivity contribution in [2.75, 3.05) is 29.2 Å². The van der Waals surface area contributed by atoms with Gasteiger partial charge in [-0.1, -0.05) is 18.2 Å². The largest absolute Gasteiger partial charge is 0.495 e. The van der Waals surface area contributed by atoms with Crippen molar-refractivity contribution in [1.82, 2.24) is 0 Å². The minimum absolute atomic E-state index is 0.119. The number of amides is 3. The summed E-state index contributed by atoms with van der Waals surface area (Å²) in [6.07, 6.45) is 0.134. The topological polar surface area (TPSA) is 87.7 Å². The number of hydrogen-bond donors (Lipinski definition) is 2. The van der Waals surface area contributed by atoms with E-state index in [2.05, 4.69) is 10.6 Å². The van der Waals surface area contributed by atoms with Crippen LogP contribution in [-0.2, 0) is 14.4 Å². The van der Waals surface area contributed by atoms with Crippen LogP contribution in [0.2, 0.25) is 0 Å². The second kappa shape index (κ2) is 7.90. The van der Waals surface area contributed by atoms with Gasteiger partial charge in [0.15, 0.2) is 0 Å². The predicted molar refractivity (Wildman–Crippen MR) is 103 cm³/mol. The second-order valence-corrected chi connectivity index (χ2v) is 6.33. The van der Waals surface area contributed by atoms with Crippen LogP contribution >= 0.6 is 0 Å². The number of carbonyl (C=O) groups is 3. The summed E-state index contributed by atoms with van der Waals surface area (Å²) in [7, 11) is 1.55. The van der Waals surface area contributed by atoms with Crippen molar-refractivity contribution in [1.29, 1.82) is 0 Å². The summed E-state index contributed by atoms with van der Waals surface area (Å²) in [4.78, 5) is 37.8. The molecule has 2 N–H and O–H groups in total. The van der Waals surface area contributed by atoms with Gasteiger partial charge in [-0.05, 0) is 30.3 Å². The summed E-state index contributed by atoms with van der Waals surface area (Å²) in [5.74, 6) is -0.415. The number of anilines is 3. The fourth-order valence-electron chi connectivity index (χ4n) is 3.09. The number of para-hydroxylation sites is 2. The van der Waals surface area contributed by atoms with Gasteiger partial charge in [0.25, 0.3) is 0 Å². The van der Waals surface area contributed by atoms with Gasteiger partial charge in [-0.15, -0.1) is 0 Å². The Morgan fingerprint density at radius 2 is 1.78 bits per heavy atom. The Labute approximate surface area is 157 Å². The van der Waals surface area contributed by atoms with Crippen molar-refractivity contribution < 1.29 is 19.1 Å². The number of ether oxygens (including phenoxy) is 1. The number of carbonyl (C=O) groups excluding carboxylic acids is 3. The molecule has 140 valence electrons. The van der Waals surface area contributed by atoms with E-state index in [-0.39, 0.29) is 30.7 Å². The van der Waals surface area contributed by atoms with Crippen LogP contribution in [-0.4, -0.2) is 31.4 Å². The summed E-state index contributed by atoms with van der Waals surface area (Å²) in [5, 5.41) is 5.49. The molecule has 0 aromatic heterocycles. The van der Waals surface area contributed by atoms with Gasteiger partial charge in [0.2, 0.25) is 17.7 Å². The van der Waals surface area contributed by atoms with E-state index in [0.717, 1.165) is 0 Å². The number of nitrogens with zero attached hydrogens (tertiary/aromatic N) is 1. The van der Waals surface area contributed by atoms with E-state index in [1.807, 2.05) is 12.1 Å². The molecule has 3 rings (SSSR count). The maximum absolute atomic E-state index is 12.6. The Hall–Kier alpha value is -3.35. The van der Waals surface area contributed by atoms with Crippen LogP contribution in [0.3, 0.4) is 0 Å². The molecule has 1 aliphatic heterocycles. The first-order valence-corrected chi connectivity index (χ1v) is 8.60. The molecule has 2 aromatic carbocycles. The smallest absolute Gasteiger partial charge is 0.229 e. The number of rotatable bonds is 5. The molecule has 0 aliphatic carbocycles. The van der Waals surface area contributed by atoms with Gasteiger partial charge in [-0.3, -0.25) is 14.4 Å².